The van der Waals surface area contributed by atoms with E-state index in [-0.39, 0.29) is 11.5 Å². The number of aliphatic hydroxyl groups is 1. The van der Waals surface area contributed by atoms with Gasteiger partial charge in [-0.15, -0.1) is 0 Å². The minimum atomic E-state index is -0.0840. The van der Waals surface area contributed by atoms with E-state index in [0.717, 1.165) is 30.1 Å². The van der Waals surface area contributed by atoms with Gasteiger partial charge in [-0.05, 0) is 135 Å². The summed E-state index contributed by atoms with van der Waals surface area (Å²) in [5, 5.41) is 10.8. The van der Waals surface area contributed by atoms with Crippen LogP contribution in [0.5, 0.6) is 0 Å². The van der Waals surface area contributed by atoms with Crippen LogP contribution in [0.3, 0.4) is 0 Å². The highest BCUT2D eigenvalue weighted by Gasteiger charge is 2.82. The second kappa shape index (κ2) is 6.86. The van der Waals surface area contributed by atoms with Gasteiger partial charge in [-0.2, -0.15) is 0 Å². The fourth-order valence-electron chi connectivity index (χ4n) is 11.1. The lowest BCUT2D eigenvalue weighted by Crippen LogP contribution is -2.57. The van der Waals surface area contributed by atoms with Crippen LogP contribution in [0.2, 0.25) is 0 Å². The summed E-state index contributed by atoms with van der Waals surface area (Å²) in [6, 6.07) is 0. The predicted octanol–water partition coefficient (Wildman–Crippen LogP) is 8.17. The first-order chi connectivity index (χ1) is 14.4. The van der Waals surface area contributed by atoms with E-state index in [0.29, 0.717) is 21.7 Å². The summed E-state index contributed by atoms with van der Waals surface area (Å²) in [4.78, 5) is 0. The van der Waals surface area contributed by atoms with Crippen LogP contribution in [0.25, 0.3) is 0 Å². The third kappa shape index (κ3) is 2.71. The molecule has 0 saturated heterocycles. The van der Waals surface area contributed by atoms with Crippen LogP contribution in [-0.2, 0) is 0 Å². The lowest BCUT2D eigenvalue weighted by molar-refractivity contribution is -0.161. The predicted molar refractivity (Wildman–Crippen MR) is 131 cm³/mol. The molecule has 5 fully saturated rings. The van der Waals surface area contributed by atoms with Gasteiger partial charge in [-0.3, -0.25) is 0 Å². The van der Waals surface area contributed by atoms with Crippen molar-refractivity contribution in [3.63, 3.8) is 0 Å². The van der Waals surface area contributed by atoms with Crippen LogP contribution in [0.15, 0.2) is 11.6 Å². The number of hydrogen-bond acceptors (Lipinski definition) is 1. The standard InChI is InChI=1S/C30H50O/c1-20(2)9-8-10-21(3)22-13-15-28(7)24-12-11-23-26(4,5)25(31)14-16-29(23)19-30(24,29)18-17-27(22,28)6/h9,21-25,31H,8,10-19H2,1-7H3/t21?,22-,23+,24+,25+,27-,28+,29-,30+/m1/s1. The van der Waals surface area contributed by atoms with Crippen molar-refractivity contribution in [3.8, 4) is 0 Å². The summed E-state index contributed by atoms with van der Waals surface area (Å²) >= 11 is 0. The lowest BCUT2D eigenvalue weighted by Gasteiger charge is -2.63. The molecule has 0 amide bonds. The molecule has 0 aromatic heterocycles. The van der Waals surface area contributed by atoms with Crippen LogP contribution in [0, 0.1) is 50.7 Å². The van der Waals surface area contributed by atoms with Gasteiger partial charge in [-0.25, -0.2) is 0 Å². The third-order valence-corrected chi connectivity index (χ3v) is 13.0. The second-order valence-electron chi connectivity index (χ2n) is 14.4. The molecule has 1 nitrogen and oxygen atoms in total. The monoisotopic (exact) mass is 426 g/mol. The third-order valence-electron chi connectivity index (χ3n) is 13.0. The number of aliphatic hydroxyl groups excluding tert-OH is 1. The Morgan fingerprint density at radius 2 is 1.55 bits per heavy atom. The SMILES string of the molecule is CC(C)=CCCC(C)[C@H]1CC[C@@]2(C)[C@@H]3CC[C@H]4C(C)(C)[C@@H](O)CC[C@@]45C[C@@]35CC[C@]12C. The maximum absolute atomic E-state index is 10.8. The van der Waals surface area contributed by atoms with Crippen LogP contribution >= 0.6 is 0 Å². The molecule has 0 aliphatic heterocycles. The molecule has 9 atom stereocenters. The fourth-order valence-corrected chi connectivity index (χ4v) is 11.1. The molecule has 0 bridgehead atoms. The largest absolute Gasteiger partial charge is 0.393 e. The highest BCUT2D eigenvalue weighted by atomic mass is 16.3. The Kier molecular flexibility index (Phi) is 4.98. The van der Waals surface area contributed by atoms with Gasteiger partial charge in [0.2, 0.25) is 0 Å². The van der Waals surface area contributed by atoms with E-state index in [1.165, 1.54) is 69.8 Å². The molecule has 1 heteroatoms. The number of hydrogen-bond donors (Lipinski definition) is 1. The van der Waals surface area contributed by atoms with Gasteiger partial charge < -0.3 is 5.11 Å². The van der Waals surface area contributed by atoms with Crippen molar-refractivity contribution in [3.05, 3.63) is 11.6 Å². The van der Waals surface area contributed by atoms with Crippen molar-refractivity contribution in [2.24, 2.45) is 50.7 Å². The first kappa shape index (κ1) is 22.5. The van der Waals surface area contributed by atoms with Gasteiger partial charge in [0, 0.05) is 0 Å². The van der Waals surface area contributed by atoms with E-state index < -0.39 is 0 Å². The molecule has 31 heavy (non-hydrogen) atoms. The molecule has 0 radical (unpaired) electrons. The van der Waals surface area contributed by atoms with Crippen LogP contribution in [0.4, 0.5) is 0 Å². The Bertz CT molecular complexity index is 760. The van der Waals surface area contributed by atoms with E-state index in [4.69, 9.17) is 0 Å². The first-order valence-corrected chi connectivity index (χ1v) is 13.8. The van der Waals surface area contributed by atoms with Crippen molar-refractivity contribution in [2.75, 3.05) is 0 Å². The lowest BCUT2D eigenvalue weighted by atomic mass is 9.41. The van der Waals surface area contributed by atoms with Gasteiger partial charge in [0.15, 0.2) is 0 Å². The summed E-state index contributed by atoms with van der Waals surface area (Å²) in [5.74, 6) is 3.46. The molecule has 2 spiro atoms. The van der Waals surface area contributed by atoms with E-state index in [9.17, 15) is 5.11 Å². The smallest absolute Gasteiger partial charge is 0.0594 e. The molecule has 5 rings (SSSR count). The zero-order valence-electron chi connectivity index (χ0n) is 21.7. The molecule has 5 aliphatic carbocycles. The van der Waals surface area contributed by atoms with Crippen molar-refractivity contribution in [1.82, 2.24) is 0 Å². The average molecular weight is 427 g/mol. The zero-order chi connectivity index (χ0) is 22.4. The maximum Gasteiger partial charge on any atom is 0.0594 e. The fraction of sp³-hybridized carbons (Fsp3) is 0.933. The molecule has 0 aromatic rings. The highest BCUT2D eigenvalue weighted by Crippen LogP contribution is 2.89. The topological polar surface area (TPSA) is 20.2 Å². The van der Waals surface area contributed by atoms with Crippen molar-refractivity contribution in [1.29, 1.82) is 0 Å². The van der Waals surface area contributed by atoms with Gasteiger partial charge in [-0.1, -0.05) is 46.3 Å². The summed E-state index contributed by atoms with van der Waals surface area (Å²) in [6.07, 6.45) is 17.6. The number of fused-ring (bicyclic) bond motifs is 2. The minimum Gasteiger partial charge on any atom is -0.393 e. The normalized spacial score (nSPS) is 52.9. The molecule has 176 valence electrons. The molecule has 0 heterocycles. The van der Waals surface area contributed by atoms with E-state index in [2.05, 4.69) is 54.5 Å². The summed E-state index contributed by atoms with van der Waals surface area (Å²) in [6.45, 7) is 17.3. The Labute approximate surface area is 192 Å². The van der Waals surface area contributed by atoms with Crippen molar-refractivity contribution in [2.45, 2.75) is 125 Å². The van der Waals surface area contributed by atoms with Crippen molar-refractivity contribution >= 4 is 0 Å². The van der Waals surface area contributed by atoms with Crippen molar-refractivity contribution < 1.29 is 5.11 Å². The van der Waals surface area contributed by atoms with E-state index in [1.54, 1.807) is 0 Å². The van der Waals surface area contributed by atoms with Gasteiger partial charge in [0.05, 0.1) is 6.10 Å². The quantitative estimate of drug-likeness (QED) is 0.449. The maximum atomic E-state index is 10.8. The number of allylic oxidation sites excluding steroid dienone is 2. The van der Waals surface area contributed by atoms with Crippen LogP contribution < -0.4 is 0 Å². The Hall–Kier alpha value is -0.300. The summed E-state index contributed by atoms with van der Waals surface area (Å²) in [5.41, 5.74) is 3.87. The van der Waals surface area contributed by atoms with Gasteiger partial charge >= 0.3 is 0 Å². The molecule has 0 aromatic carbocycles. The first-order valence-electron chi connectivity index (χ1n) is 13.8. The van der Waals surface area contributed by atoms with Gasteiger partial charge in [0.25, 0.3) is 0 Å². The summed E-state index contributed by atoms with van der Waals surface area (Å²) < 4.78 is 0. The highest BCUT2D eigenvalue weighted by molar-refractivity contribution is 5.30. The molecule has 1 N–H and O–H groups in total. The average Bonchev–Trinajstić information content (AvgIpc) is 3.27. The van der Waals surface area contributed by atoms with Crippen LogP contribution in [-0.4, -0.2) is 11.2 Å². The molecular formula is C30H50O. The van der Waals surface area contributed by atoms with E-state index in [1.807, 2.05) is 0 Å². The number of rotatable bonds is 4. The Morgan fingerprint density at radius 3 is 2.26 bits per heavy atom. The molecular weight excluding hydrogens is 376 g/mol. The van der Waals surface area contributed by atoms with Crippen LogP contribution in [0.1, 0.15) is 119 Å². The Morgan fingerprint density at radius 1 is 0.871 bits per heavy atom. The minimum absolute atomic E-state index is 0.0840. The molecule has 1 unspecified atom stereocenters. The van der Waals surface area contributed by atoms with E-state index >= 15 is 0 Å². The molecule has 5 aliphatic rings. The van der Waals surface area contributed by atoms with Gasteiger partial charge in [0.1, 0.15) is 0 Å². The molecule has 5 saturated carbocycles. The second-order valence-corrected chi connectivity index (χ2v) is 14.4. The Balaban J connectivity index is 1.41. The zero-order valence-corrected chi connectivity index (χ0v) is 21.7. The summed E-state index contributed by atoms with van der Waals surface area (Å²) in [7, 11) is 0.